The van der Waals surface area contributed by atoms with E-state index >= 15 is 0 Å². The van der Waals surface area contributed by atoms with Gasteiger partial charge in [0, 0.05) is 64.2 Å². The van der Waals surface area contributed by atoms with Gasteiger partial charge in [-0.2, -0.15) is 9.61 Å². The Balaban J connectivity index is 1.45. The maximum absolute atomic E-state index is 14.1. The topological polar surface area (TPSA) is 104 Å². The number of benzene rings is 1. The predicted octanol–water partition coefficient (Wildman–Crippen LogP) is 12.3. The number of pyridine rings is 1. The molecule has 5 heterocycles. The molecule has 0 N–H and O–H groups in total. The minimum absolute atomic E-state index is 0.0126. The van der Waals surface area contributed by atoms with Gasteiger partial charge >= 0.3 is 6.09 Å². The molecule has 1 aromatic carbocycles. The van der Waals surface area contributed by atoms with Crippen LogP contribution in [0.25, 0.3) is 28.0 Å². The Kier molecular flexibility index (Phi) is 14.8. The molecule has 6 rings (SSSR count). The first kappa shape index (κ1) is 48.5. The highest BCUT2D eigenvalue weighted by atomic mass is 79.9. The molecule has 2 bridgehead atoms. The standard InChI is InChI=1S/C47H73BrN6O5Si3/c1-46(2,3)58-45(55)53-36-26-35(27-39(53)40(28-36)59-62(13,14)47(4,5)6)42-41(48)44(52(31-56-22-24-60(7,8)9)32-57-23-25-61(10,11)12)54-43(51-42)37(30-50-54)34-20-21-38(49-29-34)33-18-16-15-17-19-33/h15-21,29-30,35-36,39-40H,22-28,31-32H2,1-14H3/t35-,36+,39-,40?/m1/s1. The summed E-state index contributed by atoms with van der Waals surface area (Å²) in [7, 11) is -4.84. The van der Waals surface area contributed by atoms with E-state index in [0.717, 1.165) is 68.9 Å². The molecule has 62 heavy (non-hydrogen) atoms. The minimum Gasteiger partial charge on any atom is -0.444 e. The van der Waals surface area contributed by atoms with E-state index < -0.39 is 30.1 Å². The SMILES string of the molecule is CC(C)(C)OC(=O)N1[C@@H]2CC(O[Si](C)(C)C(C)(C)C)[C@H]1C[C@H](c1nc3c(-c4ccc(-c5ccccc5)nc4)cnn3c(N(COCC[Si](C)(C)C)COCC[Si](C)(C)C)c1Br)C2. The Labute approximate surface area is 382 Å². The summed E-state index contributed by atoms with van der Waals surface area (Å²) in [6.45, 7) is 33.5. The number of rotatable bonds is 16. The lowest BCUT2D eigenvalue weighted by Gasteiger charge is -2.43. The molecule has 2 fully saturated rings. The molecular weight excluding hydrogens is 893 g/mol. The number of ether oxygens (including phenoxy) is 3. The first-order valence-corrected chi connectivity index (χ1v) is 33.6. The van der Waals surface area contributed by atoms with E-state index in [1.165, 1.54) is 0 Å². The maximum atomic E-state index is 14.1. The van der Waals surface area contributed by atoms with Gasteiger partial charge in [0.2, 0.25) is 0 Å². The number of nitrogens with zero attached hydrogens (tertiary/aromatic N) is 6. The van der Waals surface area contributed by atoms with Crippen LogP contribution in [0.2, 0.25) is 69.5 Å². The molecule has 0 saturated carbocycles. The fourth-order valence-corrected chi connectivity index (χ4v) is 11.7. The van der Waals surface area contributed by atoms with Crippen molar-refractivity contribution in [3.05, 3.63) is 65.0 Å². The summed E-state index contributed by atoms with van der Waals surface area (Å²) < 4.78 is 29.1. The van der Waals surface area contributed by atoms with Gasteiger partial charge in [0.15, 0.2) is 19.8 Å². The second-order valence-corrected chi connectivity index (χ2v) is 39.2. The fourth-order valence-electron chi connectivity index (χ4n) is 8.01. The van der Waals surface area contributed by atoms with Gasteiger partial charge < -0.3 is 23.5 Å². The molecule has 11 nitrogen and oxygen atoms in total. The van der Waals surface area contributed by atoms with E-state index in [1.807, 2.05) is 60.8 Å². The van der Waals surface area contributed by atoms with Crippen LogP contribution < -0.4 is 4.90 Å². The summed E-state index contributed by atoms with van der Waals surface area (Å²) in [6, 6.07) is 16.3. The van der Waals surface area contributed by atoms with Gasteiger partial charge in [-0.05, 0) is 92.3 Å². The molecule has 0 aliphatic carbocycles. The average Bonchev–Trinajstić information content (AvgIpc) is 3.67. The molecule has 3 aromatic heterocycles. The van der Waals surface area contributed by atoms with Crippen LogP contribution in [0, 0.1) is 0 Å². The average molecular weight is 966 g/mol. The second kappa shape index (κ2) is 18.9. The van der Waals surface area contributed by atoms with Gasteiger partial charge in [0.25, 0.3) is 0 Å². The first-order chi connectivity index (χ1) is 28.8. The highest BCUT2D eigenvalue weighted by Crippen LogP contribution is 2.49. The zero-order valence-electron chi connectivity index (χ0n) is 40.0. The van der Waals surface area contributed by atoms with Crippen molar-refractivity contribution in [3.63, 3.8) is 0 Å². The maximum Gasteiger partial charge on any atom is 0.410 e. The smallest absolute Gasteiger partial charge is 0.410 e. The van der Waals surface area contributed by atoms with Crippen LogP contribution in [0.4, 0.5) is 10.6 Å². The number of carbonyl (C=O) groups is 1. The predicted molar refractivity (Wildman–Crippen MR) is 264 cm³/mol. The number of piperidine rings is 1. The molecule has 2 aliphatic rings. The third-order valence-electron chi connectivity index (χ3n) is 12.5. The molecule has 2 aliphatic heterocycles. The molecule has 1 amide bonds. The van der Waals surface area contributed by atoms with Gasteiger partial charge in [0.1, 0.15) is 19.1 Å². The summed E-state index contributed by atoms with van der Waals surface area (Å²) in [5.41, 5.74) is 4.84. The molecular formula is C47H73BrN6O5Si3. The lowest BCUT2D eigenvalue weighted by atomic mass is 9.87. The van der Waals surface area contributed by atoms with E-state index in [9.17, 15) is 4.79 Å². The van der Waals surface area contributed by atoms with Crippen molar-refractivity contribution in [1.29, 1.82) is 0 Å². The van der Waals surface area contributed by atoms with E-state index in [0.29, 0.717) is 33.1 Å². The van der Waals surface area contributed by atoms with Crippen molar-refractivity contribution in [2.75, 3.05) is 31.6 Å². The molecule has 1 unspecified atom stereocenters. The van der Waals surface area contributed by atoms with Crippen LogP contribution in [-0.2, 0) is 18.6 Å². The van der Waals surface area contributed by atoms with Gasteiger partial charge in [-0.3, -0.25) is 9.88 Å². The lowest BCUT2D eigenvalue weighted by molar-refractivity contribution is -0.00102. The highest BCUT2D eigenvalue weighted by Gasteiger charge is 2.54. The molecule has 2 saturated heterocycles. The summed E-state index contributed by atoms with van der Waals surface area (Å²) in [6.07, 6.45) is 5.63. The quantitative estimate of drug-likeness (QED) is 0.0617. The minimum atomic E-state index is -2.18. The van der Waals surface area contributed by atoms with Crippen molar-refractivity contribution >= 4 is 58.0 Å². The molecule has 4 atom stereocenters. The number of aromatic nitrogens is 4. The zero-order valence-corrected chi connectivity index (χ0v) is 44.6. The Morgan fingerprint density at radius 2 is 1.45 bits per heavy atom. The van der Waals surface area contributed by atoms with Crippen LogP contribution in [0.3, 0.4) is 0 Å². The van der Waals surface area contributed by atoms with Crippen molar-refractivity contribution in [3.8, 4) is 22.4 Å². The summed E-state index contributed by atoms with van der Waals surface area (Å²) in [5, 5.41) is 5.06. The van der Waals surface area contributed by atoms with E-state index in [-0.39, 0.29) is 35.2 Å². The zero-order chi connectivity index (χ0) is 45.4. The van der Waals surface area contributed by atoms with E-state index in [2.05, 4.69) is 118 Å². The first-order valence-electron chi connectivity index (χ1n) is 22.5. The van der Waals surface area contributed by atoms with Crippen LogP contribution in [0.5, 0.6) is 0 Å². The number of halogens is 1. The summed E-state index contributed by atoms with van der Waals surface area (Å²) in [5.74, 6) is 0.848. The van der Waals surface area contributed by atoms with E-state index in [1.54, 1.807) is 0 Å². The van der Waals surface area contributed by atoms with E-state index in [4.69, 9.17) is 33.7 Å². The lowest BCUT2D eigenvalue weighted by Crippen LogP contribution is -2.52. The second-order valence-electron chi connectivity index (χ2n) is 22.4. The van der Waals surface area contributed by atoms with Crippen molar-refractivity contribution < 1.29 is 23.4 Å². The molecule has 15 heteroatoms. The van der Waals surface area contributed by atoms with Gasteiger partial charge in [0.05, 0.1) is 34.2 Å². The van der Waals surface area contributed by atoms with Gasteiger partial charge in [-0.1, -0.05) is 96.5 Å². The monoisotopic (exact) mass is 964 g/mol. The Morgan fingerprint density at radius 3 is 2.00 bits per heavy atom. The molecule has 4 aromatic rings. The normalized spacial score (nSPS) is 20.0. The van der Waals surface area contributed by atoms with Gasteiger partial charge in [-0.25, -0.2) is 9.78 Å². The number of carbonyl (C=O) groups excluding carboxylic acids is 1. The van der Waals surface area contributed by atoms with Crippen molar-refractivity contribution in [2.45, 2.75) is 160 Å². The fraction of sp³-hybridized carbons (Fsp3) is 0.617. The Bertz CT molecular complexity index is 2120. The molecule has 340 valence electrons. The highest BCUT2D eigenvalue weighted by molar-refractivity contribution is 9.10. The summed E-state index contributed by atoms with van der Waals surface area (Å²) >= 11 is 4.15. The number of fused-ring (bicyclic) bond motifs is 3. The van der Waals surface area contributed by atoms with Crippen LogP contribution in [0.1, 0.15) is 72.4 Å². The van der Waals surface area contributed by atoms with Crippen LogP contribution >= 0.6 is 15.9 Å². The largest absolute Gasteiger partial charge is 0.444 e. The Hall–Kier alpha value is -2.93. The Morgan fingerprint density at radius 1 is 0.823 bits per heavy atom. The third kappa shape index (κ3) is 11.8. The summed E-state index contributed by atoms with van der Waals surface area (Å²) in [4.78, 5) is 28.7. The molecule has 0 radical (unpaired) electrons. The molecule has 0 spiro atoms. The van der Waals surface area contributed by atoms with Gasteiger partial charge in [-0.15, -0.1) is 0 Å². The third-order valence-corrected chi connectivity index (χ3v) is 21.2. The van der Waals surface area contributed by atoms with Crippen LogP contribution in [-0.4, -0.2) is 106 Å². The number of hydrogen-bond donors (Lipinski definition) is 0. The number of amides is 1. The number of anilines is 1. The van der Waals surface area contributed by atoms with Crippen molar-refractivity contribution in [1.82, 2.24) is 24.5 Å². The van der Waals surface area contributed by atoms with Crippen LogP contribution in [0.15, 0.2) is 59.3 Å². The van der Waals surface area contributed by atoms with Crippen molar-refractivity contribution in [2.24, 2.45) is 0 Å². The number of hydrogen-bond acceptors (Lipinski definition) is 9.